The molecule has 1 aliphatic rings. The summed E-state index contributed by atoms with van der Waals surface area (Å²) in [6.45, 7) is 3.98. The van der Waals surface area contributed by atoms with E-state index >= 15 is 0 Å². The second kappa shape index (κ2) is 5.93. The molecule has 2 aromatic rings. The number of carbonyl (C=O) groups excluding carboxylic acids is 1. The van der Waals surface area contributed by atoms with Crippen LogP contribution in [0.2, 0.25) is 0 Å². The van der Waals surface area contributed by atoms with Gasteiger partial charge in [0.15, 0.2) is 0 Å². The van der Waals surface area contributed by atoms with Crippen LogP contribution in [0.1, 0.15) is 23.4 Å². The number of nitrogens with zero attached hydrogens (tertiary/aromatic N) is 1. The van der Waals surface area contributed by atoms with Gasteiger partial charge in [-0.05, 0) is 5.56 Å². The highest BCUT2D eigenvalue weighted by molar-refractivity contribution is 5.70. The lowest BCUT2D eigenvalue weighted by atomic mass is 10.0. The minimum atomic E-state index is -0.536. The molecule has 1 heterocycles. The molecule has 1 fully saturated rings. The smallest absolute Gasteiger partial charge is 0.413 e. The summed E-state index contributed by atoms with van der Waals surface area (Å²) >= 11 is 0. The van der Waals surface area contributed by atoms with Crippen molar-refractivity contribution in [3.63, 3.8) is 0 Å². The zero-order valence-corrected chi connectivity index (χ0v) is 12.3. The third-order valence-corrected chi connectivity index (χ3v) is 3.68. The van der Waals surface area contributed by atoms with Crippen molar-refractivity contribution >= 4 is 6.09 Å². The van der Waals surface area contributed by atoms with Crippen molar-refractivity contribution in [1.29, 1.82) is 0 Å². The fourth-order valence-electron chi connectivity index (χ4n) is 2.69. The molecule has 112 valence electrons. The Morgan fingerprint density at radius 1 is 1.05 bits per heavy atom. The van der Waals surface area contributed by atoms with E-state index < -0.39 is 12.3 Å². The molecule has 0 saturated carbocycles. The zero-order chi connectivity index (χ0) is 15.5. The summed E-state index contributed by atoms with van der Waals surface area (Å²) in [5.74, 6) is 0.533. The van der Waals surface area contributed by atoms with Gasteiger partial charge in [-0.3, -0.25) is 4.90 Å². The van der Waals surface area contributed by atoms with Gasteiger partial charge in [0.05, 0.1) is 7.11 Å². The van der Waals surface area contributed by atoms with E-state index in [9.17, 15) is 4.79 Å². The van der Waals surface area contributed by atoms with Gasteiger partial charge in [-0.15, -0.1) is 0 Å². The highest BCUT2D eigenvalue weighted by Crippen LogP contribution is 2.44. The van der Waals surface area contributed by atoms with Gasteiger partial charge in [-0.1, -0.05) is 67.2 Å². The highest BCUT2D eigenvalue weighted by atomic mass is 16.6. The maximum Gasteiger partial charge on any atom is 0.413 e. The summed E-state index contributed by atoms with van der Waals surface area (Å²) < 4.78 is 10.8. The van der Waals surface area contributed by atoms with Crippen molar-refractivity contribution in [2.24, 2.45) is 0 Å². The standard InChI is InChI=1S/C18H17NO3/c1-13-16(14-9-5-3-6-10-14)19(18(20)21-2)17(22-13)15-11-7-4-8-12-15/h3-12,16-17H,1H2,2H3/t16-,17-/m1/s1. The molecule has 2 aromatic carbocycles. The lowest BCUT2D eigenvalue weighted by Gasteiger charge is -2.26. The monoisotopic (exact) mass is 295 g/mol. The summed E-state index contributed by atoms with van der Waals surface area (Å²) in [5, 5.41) is 0. The quantitative estimate of drug-likeness (QED) is 0.839. The lowest BCUT2D eigenvalue weighted by molar-refractivity contribution is 0.0383. The Hall–Kier alpha value is -2.75. The molecule has 1 saturated heterocycles. The van der Waals surface area contributed by atoms with E-state index in [-0.39, 0.29) is 6.04 Å². The van der Waals surface area contributed by atoms with Gasteiger partial charge >= 0.3 is 6.09 Å². The van der Waals surface area contributed by atoms with Crippen LogP contribution in [0.5, 0.6) is 0 Å². The maximum atomic E-state index is 12.3. The predicted molar refractivity (Wildman–Crippen MR) is 82.8 cm³/mol. The molecule has 22 heavy (non-hydrogen) atoms. The number of hydrogen-bond donors (Lipinski definition) is 0. The molecular weight excluding hydrogens is 278 g/mol. The van der Waals surface area contributed by atoms with E-state index in [4.69, 9.17) is 9.47 Å². The summed E-state index contributed by atoms with van der Waals surface area (Å²) in [7, 11) is 1.37. The Bertz CT molecular complexity index is 669. The van der Waals surface area contributed by atoms with E-state index in [2.05, 4.69) is 6.58 Å². The van der Waals surface area contributed by atoms with E-state index in [0.717, 1.165) is 11.1 Å². The SMILES string of the molecule is C=C1O[C@H](c2ccccc2)N(C(=O)OC)[C@H]1c1ccccc1. The predicted octanol–water partition coefficient (Wildman–Crippen LogP) is 4.04. The Morgan fingerprint density at radius 3 is 2.14 bits per heavy atom. The topological polar surface area (TPSA) is 38.8 Å². The number of amides is 1. The van der Waals surface area contributed by atoms with Crippen LogP contribution in [0, 0.1) is 0 Å². The fraction of sp³-hybridized carbons (Fsp3) is 0.167. The molecular formula is C18H17NO3. The second-order valence-electron chi connectivity index (χ2n) is 5.04. The molecule has 0 aliphatic carbocycles. The van der Waals surface area contributed by atoms with Crippen molar-refractivity contribution in [1.82, 2.24) is 4.90 Å². The Morgan fingerprint density at radius 2 is 1.59 bits per heavy atom. The molecule has 0 N–H and O–H groups in total. The first-order valence-electron chi connectivity index (χ1n) is 7.04. The van der Waals surface area contributed by atoms with Crippen LogP contribution in [0.15, 0.2) is 73.0 Å². The number of ether oxygens (including phenoxy) is 2. The van der Waals surface area contributed by atoms with Crippen molar-refractivity contribution < 1.29 is 14.3 Å². The Labute approximate surface area is 129 Å². The average Bonchev–Trinajstić information content (AvgIpc) is 2.93. The first-order chi connectivity index (χ1) is 10.7. The van der Waals surface area contributed by atoms with Crippen molar-refractivity contribution in [3.05, 3.63) is 84.1 Å². The molecule has 1 amide bonds. The zero-order valence-electron chi connectivity index (χ0n) is 12.3. The Kier molecular flexibility index (Phi) is 3.83. The summed E-state index contributed by atoms with van der Waals surface area (Å²) in [4.78, 5) is 13.9. The second-order valence-corrected chi connectivity index (χ2v) is 5.04. The van der Waals surface area contributed by atoms with Crippen LogP contribution >= 0.6 is 0 Å². The molecule has 0 spiro atoms. The molecule has 2 atom stereocenters. The van der Waals surface area contributed by atoms with E-state index in [0.29, 0.717) is 5.76 Å². The molecule has 3 rings (SSSR count). The number of benzene rings is 2. The van der Waals surface area contributed by atoms with Gasteiger partial charge < -0.3 is 9.47 Å². The van der Waals surface area contributed by atoms with Crippen LogP contribution in [-0.2, 0) is 9.47 Å². The highest BCUT2D eigenvalue weighted by Gasteiger charge is 2.43. The summed E-state index contributed by atoms with van der Waals surface area (Å²) in [6, 6.07) is 18.9. The number of hydrogen-bond acceptors (Lipinski definition) is 3. The molecule has 1 aliphatic heterocycles. The first kappa shape index (κ1) is 14.2. The van der Waals surface area contributed by atoms with Crippen molar-refractivity contribution in [2.75, 3.05) is 7.11 Å². The molecule has 0 unspecified atom stereocenters. The fourth-order valence-corrected chi connectivity index (χ4v) is 2.69. The molecule has 0 aromatic heterocycles. The van der Waals surface area contributed by atoms with Gasteiger partial charge in [-0.2, -0.15) is 0 Å². The summed E-state index contributed by atoms with van der Waals surface area (Å²) in [5.41, 5.74) is 1.82. The van der Waals surface area contributed by atoms with E-state index in [1.165, 1.54) is 7.11 Å². The number of methoxy groups -OCH3 is 1. The van der Waals surface area contributed by atoms with Crippen LogP contribution in [0.4, 0.5) is 4.79 Å². The minimum Gasteiger partial charge on any atom is -0.468 e. The van der Waals surface area contributed by atoms with Crippen LogP contribution in [0.3, 0.4) is 0 Å². The minimum absolute atomic E-state index is 0.362. The molecule has 4 nitrogen and oxygen atoms in total. The van der Waals surface area contributed by atoms with Crippen LogP contribution in [-0.4, -0.2) is 18.1 Å². The third-order valence-electron chi connectivity index (χ3n) is 3.68. The third kappa shape index (κ3) is 2.44. The number of carbonyl (C=O) groups is 1. The normalized spacial score (nSPS) is 20.6. The van der Waals surface area contributed by atoms with Crippen LogP contribution in [0.25, 0.3) is 0 Å². The van der Waals surface area contributed by atoms with Crippen molar-refractivity contribution in [3.8, 4) is 0 Å². The van der Waals surface area contributed by atoms with Gasteiger partial charge in [0, 0.05) is 5.56 Å². The maximum absolute atomic E-state index is 12.3. The van der Waals surface area contributed by atoms with Gasteiger partial charge in [-0.25, -0.2) is 4.79 Å². The first-order valence-corrected chi connectivity index (χ1v) is 7.04. The average molecular weight is 295 g/mol. The summed E-state index contributed by atoms with van der Waals surface area (Å²) in [6.07, 6.45) is -0.979. The molecule has 0 bridgehead atoms. The van der Waals surface area contributed by atoms with Crippen LogP contribution < -0.4 is 0 Å². The largest absolute Gasteiger partial charge is 0.468 e. The van der Waals surface area contributed by atoms with Gasteiger partial charge in [0.1, 0.15) is 11.8 Å². The van der Waals surface area contributed by atoms with E-state index in [1.807, 2.05) is 60.7 Å². The lowest BCUT2D eigenvalue weighted by Crippen LogP contribution is -2.33. The number of rotatable bonds is 2. The Balaban J connectivity index is 2.03. The van der Waals surface area contributed by atoms with E-state index in [1.54, 1.807) is 4.90 Å². The van der Waals surface area contributed by atoms with Gasteiger partial charge in [0.2, 0.25) is 6.23 Å². The van der Waals surface area contributed by atoms with Gasteiger partial charge in [0.25, 0.3) is 0 Å². The molecule has 4 heteroatoms. The van der Waals surface area contributed by atoms with Crippen molar-refractivity contribution in [2.45, 2.75) is 12.3 Å². The molecule has 0 radical (unpaired) electrons.